The molecule has 0 amide bonds. The smallest absolute Gasteiger partial charge is 0.169 e. The Kier molecular flexibility index (Phi) is 3.15. The summed E-state index contributed by atoms with van der Waals surface area (Å²) >= 11 is 0. The molecule has 0 bridgehead atoms. The fourth-order valence-corrected chi connectivity index (χ4v) is 2.67. The van der Waals surface area contributed by atoms with E-state index in [1.165, 1.54) is 5.56 Å². The molecular formula is C18H17NO. The molecule has 2 nitrogen and oxygen atoms in total. The maximum atomic E-state index is 12.6. The van der Waals surface area contributed by atoms with E-state index in [1.54, 1.807) is 0 Å². The van der Waals surface area contributed by atoms with Crippen LogP contribution in [0.1, 0.15) is 27.2 Å². The van der Waals surface area contributed by atoms with E-state index in [1.807, 2.05) is 50.2 Å². The lowest BCUT2D eigenvalue weighted by molar-refractivity contribution is 0.0994. The molecular weight excluding hydrogens is 246 g/mol. The Labute approximate surface area is 118 Å². The number of aromatic nitrogens is 1. The quantitative estimate of drug-likeness (QED) is 0.705. The van der Waals surface area contributed by atoms with E-state index >= 15 is 0 Å². The SMILES string of the molecule is Cc1ccc2[nH]c(C)c(C(=O)Cc3ccccc3)c2c1. The first kappa shape index (κ1) is 12.7. The van der Waals surface area contributed by atoms with E-state index in [-0.39, 0.29) is 5.78 Å². The number of ketones is 1. The van der Waals surface area contributed by atoms with Crippen LogP contribution in [0.2, 0.25) is 0 Å². The molecule has 3 aromatic rings. The van der Waals surface area contributed by atoms with Gasteiger partial charge in [0.1, 0.15) is 0 Å². The number of aromatic amines is 1. The van der Waals surface area contributed by atoms with Gasteiger partial charge in [0.15, 0.2) is 5.78 Å². The lowest BCUT2D eigenvalue weighted by Gasteiger charge is -2.02. The number of Topliss-reactive ketones (excluding diaryl/α,β-unsaturated/α-hetero) is 1. The van der Waals surface area contributed by atoms with Crippen molar-refractivity contribution in [3.63, 3.8) is 0 Å². The van der Waals surface area contributed by atoms with Gasteiger partial charge in [-0.1, -0.05) is 42.0 Å². The van der Waals surface area contributed by atoms with Gasteiger partial charge in [0, 0.05) is 28.6 Å². The second kappa shape index (κ2) is 4.97. The van der Waals surface area contributed by atoms with E-state index < -0.39 is 0 Å². The molecule has 100 valence electrons. The standard InChI is InChI=1S/C18H17NO/c1-12-8-9-16-15(10-12)18(13(2)19-16)17(20)11-14-6-4-3-5-7-14/h3-10,19H,11H2,1-2H3. The highest BCUT2D eigenvalue weighted by molar-refractivity contribution is 6.10. The van der Waals surface area contributed by atoms with E-state index in [9.17, 15) is 4.79 Å². The predicted octanol–water partition coefficient (Wildman–Crippen LogP) is 4.21. The molecule has 0 aliphatic carbocycles. The molecule has 0 saturated heterocycles. The summed E-state index contributed by atoms with van der Waals surface area (Å²) < 4.78 is 0. The molecule has 20 heavy (non-hydrogen) atoms. The van der Waals surface area contributed by atoms with Crippen LogP contribution in [0.3, 0.4) is 0 Å². The van der Waals surface area contributed by atoms with Crippen LogP contribution < -0.4 is 0 Å². The fraction of sp³-hybridized carbons (Fsp3) is 0.167. The molecule has 0 saturated carbocycles. The molecule has 0 fully saturated rings. The fourth-order valence-electron chi connectivity index (χ4n) is 2.67. The number of fused-ring (bicyclic) bond motifs is 1. The minimum atomic E-state index is 0.172. The molecule has 0 aliphatic heterocycles. The van der Waals surface area contributed by atoms with Crippen LogP contribution in [0.25, 0.3) is 10.9 Å². The topological polar surface area (TPSA) is 32.9 Å². The van der Waals surface area contributed by atoms with E-state index in [2.05, 4.69) is 17.1 Å². The van der Waals surface area contributed by atoms with E-state index in [0.29, 0.717) is 6.42 Å². The number of rotatable bonds is 3. The summed E-state index contributed by atoms with van der Waals surface area (Å²) in [6.45, 7) is 4.01. The number of hydrogen-bond donors (Lipinski definition) is 1. The molecule has 2 heteroatoms. The van der Waals surface area contributed by atoms with Crippen molar-refractivity contribution in [2.75, 3.05) is 0 Å². The third-order valence-electron chi connectivity index (χ3n) is 3.63. The Morgan fingerprint density at radius 3 is 2.55 bits per heavy atom. The van der Waals surface area contributed by atoms with Gasteiger partial charge in [-0.2, -0.15) is 0 Å². The monoisotopic (exact) mass is 263 g/mol. The first-order valence-electron chi connectivity index (χ1n) is 6.81. The highest BCUT2D eigenvalue weighted by Crippen LogP contribution is 2.24. The van der Waals surface area contributed by atoms with Crippen LogP contribution in [-0.4, -0.2) is 10.8 Å². The minimum absolute atomic E-state index is 0.172. The Morgan fingerprint density at radius 2 is 1.80 bits per heavy atom. The number of carbonyl (C=O) groups excluding carboxylic acids is 1. The first-order chi connectivity index (χ1) is 9.65. The zero-order valence-corrected chi connectivity index (χ0v) is 11.7. The molecule has 0 atom stereocenters. The first-order valence-corrected chi connectivity index (χ1v) is 6.81. The molecule has 0 unspecified atom stereocenters. The Hall–Kier alpha value is -2.35. The van der Waals surface area contributed by atoms with Crippen LogP contribution in [0.15, 0.2) is 48.5 Å². The van der Waals surface area contributed by atoms with Gasteiger partial charge in [0.05, 0.1) is 0 Å². The molecule has 1 heterocycles. The van der Waals surface area contributed by atoms with Gasteiger partial charge in [-0.05, 0) is 31.5 Å². The normalized spacial score (nSPS) is 10.9. The van der Waals surface area contributed by atoms with E-state index in [0.717, 1.165) is 27.7 Å². The van der Waals surface area contributed by atoms with Gasteiger partial charge < -0.3 is 4.98 Å². The van der Waals surface area contributed by atoms with E-state index in [4.69, 9.17) is 0 Å². The van der Waals surface area contributed by atoms with Gasteiger partial charge in [0.25, 0.3) is 0 Å². The number of benzene rings is 2. The van der Waals surface area contributed by atoms with Crippen LogP contribution in [0.5, 0.6) is 0 Å². The van der Waals surface area contributed by atoms with Crippen molar-refractivity contribution in [2.24, 2.45) is 0 Å². The van der Waals surface area contributed by atoms with Crippen molar-refractivity contribution in [3.05, 3.63) is 70.9 Å². The predicted molar refractivity (Wildman–Crippen MR) is 82.2 cm³/mol. The van der Waals surface area contributed by atoms with Crippen LogP contribution in [-0.2, 0) is 6.42 Å². The molecule has 0 spiro atoms. The third kappa shape index (κ3) is 2.25. The molecule has 1 N–H and O–H groups in total. The number of hydrogen-bond acceptors (Lipinski definition) is 1. The van der Waals surface area contributed by atoms with Gasteiger partial charge >= 0.3 is 0 Å². The van der Waals surface area contributed by atoms with Crippen molar-refractivity contribution in [3.8, 4) is 0 Å². The Bertz CT molecular complexity index is 769. The zero-order valence-electron chi connectivity index (χ0n) is 11.7. The van der Waals surface area contributed by atoms with Gasteiger partial charge in [-0.15, -0.1) is 0 Å². The number of aryl methyl sites for hydroxylation is 2. The van der Waals surface area contributed by atoms with Crippen LogP contribution in [0, 0.1) is 13.8 Å². The largest absolute Gasteiger partial charge is 0.358 e. The van der Waals surface area contributed by atoms with Crippen molar-refractivity contribution in [1.82, 2.24) is 4.98 Å². The second-order valence-corrected chi connectivity index (χ2v) is 5.26. The van der Waals surface area contributed by atoms with Crippen molar-refractivity contribution in [1.29, 1.82) is 0 Å². The van der Waals surface area contributed by atoms with Crippen molar-refractivity contribution < 1.29 is 4.79 Å². The highest BCUT2D eigenvalue weighted by Gasteiger charge is 2.16. The van der Waals surface area contributed by atoms with Gasteiger partial charge in [-0.25, -0.2) is 0 Å². The average molecular weight is 263 g/mol. The lowest BCUT2D eigenvalue weighted by atomic mass is 10.00. The summed E-state index contributed by atoms with van der Waals surface area (Å²) in [6.07, 6.45) is 0.447. The maximum absolute atomic E-state index is 12.6. The summed E-state index contributed by atoms with van der Waals surface area (Å²) in [4.78, 5) is 15.9. The molecule has 1 aromatic heterocycles. The zero-order chi connectivity index (χ0) is 14.1. The lowest BCUT2D eigenvalue weighted by Crippen LogP contribution is -2.04. The third-order valence-corrected chi connectivity index (χ3v) is 3.63. The maximum Gasteiger partial charge on any atom is 0.169 e. The highest BCUT2D eigenvalue weighted by atomic mass is 16.1. The van der Waals surface area contributed by atoms with Crippen molar-refractivity contribution in [2.45, 2.75) is 20.3 Å². The van der Waals surface area contributed by atoms with Crippen molar-refractivity contribution >= 4 is 16.7 Å². The summed E-state index contributed by atoms with van der Waals surface area (Å²) in [5.41, 5.74) is 5.03. The average Bonchev–Trinajstić information content (AvgIpc) is 2.75. The molecule has 0 radical (unpaired) electrons. The number of carbonyl (C=O) groups is 1. The summed E-state index contributed by atoms with van der Waals surface area (Å²) in [6, 6.07) is 16.1. The Balaban J connectivity index is 2.03. The summed E-state index contributed by atoms with van der Waals surface area (Å²) in [7, 11) is 0. The van der Waals surface area contributed by atoms with Crippen LogP contribution in [0.4, 0.5) is 0 Å². The van der Waals surface area contributed by atoms with Gasteiger partial charge in [0.2, 0.25) is 0 Å². The van der Waals surface area contributed by atoms with Gasteiger partial charge in [-0.3, -0.25) is 4.79 Å². The Morgan fingerprint density at radius 1 is 1.05 bits per heavy atom. The number of H-pyrrole nitrogens is 1. The summed E-state index contributed by atoms with van der Waals surface area (Å²) in [5.74, 6) is 0.172. The molecule has 2 aromatic carbocycles. The molecule has 3 rings (SSSR count). The van der Waals surface area contributed by atoms with Crippen LogP contribution >= 0.6 is 0 Å². The minimum Gasteiger partial charge on any atom is -0.358 e. The molecule has 0 aliphatic rings. The second-order valence-electron chi connectivity index (χ2n) is 5.26. The summed E-state index contributed by atoms with van der Waals surface area (Å²) in [5, 5.41) is 1.03. The number of nitrogens with one attached hydrogen (secondary N) is 1.